The molecule has 0 atom stereocenters. The Morgan fingerprint density at radius 1 is 0.833 bits per heavy atom. The summed E-state index contributed by atoms with van der Waals surface area (Å²) in [6.45, 7) is 0. The zero-order valence-corrected chi connectivity index (χ0v) is 17.2. The molecular formula is C22H19N3O4S. The fourth-order valence-corrected chi connectivity index (χ4v) is 4.19. The van der Waals surface area contributed by atoms with Crippen molar-refractivity contribution in [1.82, 2.24) is 9.97 Å². The van der Waals surface area contributed by atoms with Gasteiger partial charge in [-0.15, -0.1) is 0 Å². The highest BCUT2D eigenvalue weighted by Crippen LogP contribution is 2.36. The molecule has 0 bridgehead atoms. The summed E-state index contributed by atoms with van der Waals surface area (Å²) >= 11 is 0. The molecule has 152 valence electrons. The molecule has 0 amide bonds. The molecule has 0 aliphatic heterocycles. The van der Waals surface area contributed by atoms with Crippen molar-refractivity contribution in [2.24, 2.45) is 0 Å². The molecule has 30 heavy (non-hydrogen) atoms. The number of nitrogens with zero attached hydrogens (tertiary/aromatic N) is 2. The summed E-state index contributed by atoms with van der Waals surface area (Å²) in [4.78, 5) is 8.35. The number of benzene rings is 2. The maximum atomic E-state index is 12.7. The first-order chi connectivity index (χ1) is 14.5. The lowest BCUT2D eigenvalue weighted by molar-refractivity contribution is 0.394. The van der Waals surface area contributed by atoms with Gasteiger partial charge in [0.05, 0.1) is 25.4 Å². The van der Waals surface area contributed by atoms with E-state index in [0.717, 1.165) is 16.5 Å². The first kappa shape index (κ1) is 19.7. The number of rotatable bonds is 6. The molecule has 0 aliphatic rings. The number of hydrogen-bond acceptors (Lipinski definition) is 6. The van der Waals surface area contributed by atoms with Gasteiger partial charge in [-0.05, 0) is 47.5 Å². The van der Waals surface area contributed by atoms with Gasteiger partial charge in [0.25, 0.3) is 10.0 Å². The maximum Gasteiger partial charge on any atom is 0.279 e. The molecular weight excluding hydrogens is 402 g/mol. The quantitative estimate of drug-likeness (QED) is 0.504. The second-order valence-electron chi connectivity index (χ2n) is 6.44. The van der Waals surface area contributed by atoms with Crippen LogP contribution in [0.15, 0.2) is 78.1 Å². The number of hydrogen-bond donors (Lipinski definition) is 1. The van der Waals surface area contributed by atoms with E-state index in [0.29, 0.717) is 22.7 Å². The Hall–Kier alpha value is -3.65. The van der Waals surface area contributed by atoms with Crippen LogP contribution < -0.4 is 14.2 Å². The minimum absolute atomic E-state index is 0.0595. The SMILES string of the molecule is COc1cc(OC)cc(-c2ccc(NS(=O)(=O)c3ccccn3)c3ncccc23)c1. The van der Waals surface area contributed by atoms with Crippen LogP contribution in [0.3, 0.4) is 0 Å². The van der Waals surface area contributed by atoms with Gasteiger partial charge in [-0.2, -0.15) is 8.42 Å². The monoisotopic (exact) mass is 421 g/mol. The molecule has 0 fully saturated rings. The second kappa shape index (κ2) is 8.00. The van der Waals surface area contributed by atoms with Crippen LogP contribution in [0, 0.1) is 0 Å². The summed E-state index contributed by atoms with van der Waals surface area (Å²) in [6.07, 6.45) is 3.06. The Bertz CT molecular complexity index is 1290. The summed E-state index contributed by atoms with van der Waals surface area (Å²) in [5, 5.41) is 0.727. The molecule has 0 spiro atoms. The van der Waals surface area contributed by atoms with E-state index in [1.165, 1.54) is 12.3 Å². The Kier molecular flexibility index (Phi) is 5.24. The lowest BCUT2D eigenvalue weighted by atomic mass is 9.99. The largest absolute Gasteiger partial charge is 0.497 e. The summed E-state index contributed by atoms with van der Waals surface area (Å²) in [6, 6.07) is 17.5. The summed E-state index contributed by atoms with van der Waals surface area (Å²) < 4.78 is 38.8. The summed E-state index contributed by atoms with van der Waals surface area (Å²) in [5.41, 5.74) is 2.63. The van der Waals surface area contributed by atoms with Gasteiger partial charge in [-0.25, -0.2) is 4.98 Å². The Labute approximate surface area is 174 Å². The van der Waals surface area contributed by atoms with E-state index in [4.69, 9.17) is 9.47 Å². The Morgan fingerprint density at radius 2 is 1.57 bits per heavy atom. The van der Waals surface area contributed by atoms with Crippen molar-refractivity contribution in [3.8, 4) is 22.6 Å². The van der Waals surface area contributed by atoms with Crippen molar-refractivity contribution in [2.45, 2.75) is 5.03 Å². The predicted octanol–water partition coefficient (Wildman–Crippen LogP) is 4.11. The number of methoxy groups -OCH3 is 2. The standard InChI is InChI=1S/C22H19N3O4S/c1-28-16-12-15(13-17(14-16)29-2)18-8-9-20(22-19(18)6-5-11-24-22)25-30(26,27)21-7-3-4-10-23-21/h3-14,25H,1-2H3. The van der Waals surface area contributed by atoms with E-state index in [-0.39, 0.29) is 5.03 Å². The normalized spacial score (nSPS) is 11.3. The van der Waals surface area contributed by atoms with Gasteiger partial charge in [0.1, 0.15) is 11.5 Å². The highest BCUT2D eigenvalue weighted by molar-refractivity contribution is 7.92. The minimum Gasteiger partial charge on any atom is -0.497 e. The van der Waals surface area contributed by atoms with Crippen LogP contribution in [0.4, 0.5) is 5.69 Å². The maximum absolute atomic E-state index is 12.7. The highest BCUT2D eigenvalue weighted by Gasteiger charge is 2.18. The molecule has 0 radical (unpaired) electrons. The molecule has 7 nitrogen and oxygen atoms in total. The molecule has 4 aromatic rings. The molecule has 2 aromatic heterocycles. The van der Waals surface area contributed by atoms with Gasteiger partial charge in [0, 0.05) is 23.8 Å². The first-order valence-electron chi connectivity index (χ1n) is 9.07. The predicted molar refractivity (Wildman–Crippen MR) is 115 cm³/mol. The molecule has 1 N–H and O–H groups in total. The summed E-state index contributed by atoms with van der Waals surface area (Å²) in [5.74, 6) is 1.31. The number of pyridine rings is 2. The van der Waals surface area contributed by atoms with E-state index in [1.807, 2.05) is 24.3 Å². The number of aromatic nitrogens is 2. The molecule has 0 saturated heterocycles. The van der Waals surface area contributed by atoms with Gasteiger partial charge < -0.3 is 9.47 Å². The third kappa shape index (κ3) is 3.77. The van der Waals surface area contributed by atoms with Crippen molar-refractivity contribution in [3.63, 3.8) is 0 Å². The molecule has 2 aromatic carbocycles. The molecule has 0 unspecified atom stereocenters. The highest BCUT2D eigenvalue weighted by atomic mass is 32.2. The number of ether oxygens (including phenoxy) is 2. The summed E-state index contributed by atoms with van der Waals surface area (Å²) in [7, 11) is -0.663. The number of fused-ring (bicyclic) bond motifs is 1. The molecule has 0 saturated carbocycles. The van der Waals surface area contributed by atoms with Crippen molar-refractivity contribution >= 4 is 26.6 Å². The smallest absolute Gasteiger partial charge is 0.279 e. The average molecular weight is 421 g/mol. The van der Waals surface area contributed by atoms with E-state index in [1.54, 1.807) is 50.7 Å². The Morgan fingerprint density at radius 3 is 2.23 bits per heavy atom. The van der Waals surface area contributed by atoms with Crippen molar-refractivity contribution in [3.05, 3.63) is 73.1 Å². The Balaban J connectivity index is 1.84. The number of nitrogens with one attached hydrogen (secondary N) is 1. The van der Waals surface area contributed by atoms with E-state index < -0.39 is 10.0 Å². The molecule has 0 aliphatic carbocycles. The topological polar surface area (TPSA) is 90.4 Å². The van der Waals surface area contributed by atoms with Crippen LogP contribution in [0.2, 0.25) is 0 Å². The molecule has 2 heterocycles. The fraction of sp³-hybridized carbons (Fsp3) is 0.0909. The van der Waals surface area contributed by atoms with Crippen molar-refractivity contribution in [1.29, 1.82) is 0 Å². The molecule has 8 heteroatoms. The average Bonchev–Trinajstić information content (AvgIpc) is 2.79. The second-order valence-corrected chi connectivity index (χ2v) is 8.06. The minimum atomic E-state index is -3.84. The lowest BCUT2D eigenvalue weighted by Gasteiger charge is -2.14. The van der Waals surface area contributed by atoms with Gasteiger partial charge in [0.2, 0.25) is 0 Å². The van der Waals surface area contributed by atoms with Crippen LogP contribution in [0.25, 0.3) is 22.0 Å². The molecule has 4 rings (SSSR count). The zero-order valence-electron chi connectivity index (χ0n) is 16.4. The van der Waals surface area contributed by atoms with E-state index in [2.05, 4.69) is 14.7 Å². The van der Waals surface area contributed by atoms with Crippen molar-refractivity contribution < 1.29 is 17.9 Å². The fourth-order valence-electron chi connectivity index (χ4n) is 3.17. The van der Waals surface area contributed by atoms with Gasteiger partial charge >= 0.3 is 0 Å². The first-order valence-corrected chi connectivity index (χ1v) is 10.5. The van der Waals surface area contributed by atoms with Crippen molar-refractivity contribution in [2.75, 3.05) is 18.9 Å². The van der Waals surface area contributed by atoms with Gasteiger partial charge in [0.15, 0.2) is 5.03 Å². The van der Waals surface area contributed by atoms with Crippen LogP contribution in [0.1, 0.15) is 0 Å². The third-order valence-corrected chi connectivity index (χ3v) is 5.87. The van der Waals surface area contributed by atoms with E-state index >= 15 is 0 Å². The van der Waals surface area contributed by atoms with Crippen LogP contribution in [-0.4, -0.2) is 32.6 Å². The van der Waals surface area contributed by atoms with Crippen LogP contribution in [-0.2, 0) is 10.0 Å². The zero-order chi connectivity index (χ0) is 21.1. The third-order valence-electron chi connectivity index (χ3n) is 4.59. The van der Waals surface area contributed by atoms with Crippen LogP contribution >= 0.6 is 0 Å². The van der Waals surface area contributed by atoms with Gasteiger partial charge in [-0.3, -0.25) is 9.71 Å². The lowest BCUT2D eigenvalue weighted by Crippen LogP contribution is -2.14. The van der Waals surface area contributed by atoms with Gasteiger partial charge in [-0.1, -0.05) is 18.2 Å². The van der Waals surface area contributed by atoms with Crippen LogP contribution in [0.5, 0.6) is 11.5 Å². The number of sulfonamides is 1. The van der Waals surface area contributed by atoms with E-state index in [9.17, 15) is 8.42 Å². The number of anilines is 1.